The first-order chi connectivity index (χ1) is 13.6. The zero-order valence-electron chi connectivity index (χ0n) is 16.9. The molecule has 28 heavy (non-hydrogen) atoms. The van der Waals surface area contributed by atoms with Crippen LogP contribution in [0.15, 0.2) is 72.8 Å². The average Bonchev–Trinajstić information content (AvgIpc) is 2.72. The van der Waals surface area contributed by atoms with Crippen LogP contribution in [0.4, 0.5) is 4.39 Å². The minimum atomic E-state index is -0.186. The molecule has 0 unspecified atom stereocenters. The smallest absolute Gasteiger partial charge is 0.123 e. The topological polar surface area (TPSA) is 0 Å². The highest BCUT2D eigenvalue weighted by atomic mass is 19.1. The first kappa shape index (κ1) is 18.9. The fraction of sp³-hybridized carbons (Fsp3) is 0.333. The van der Waals surface area contributed by atoms with Gasteiger partial charge >= 0.3 is 0 Å². The minimum absolute atomic E-state index is 0.186. The van der Waals surface area contributed by atoms with Crippen LogP contribution >= 0.6 is 0 Å². The van der Waals surface area contributed by atoms with Crippen LogP contribution in [0.5, 0.6) is 0 Å². The van der Waals surface area contributed by atoms with E-state index in [1.54, 1.807) is 12.1 Å². The standard InChI is InChI=1S/C27H29F/c1-19(2)10-11-20-16-23-6-3-4-9-26(23)27(17-20)24-8-5-7-22(18-24)21-12-14-25(28)15-13-21/h3-9,12-15,18-20,27H,10-11,16-17H2,1-2H3/t20-,27-/m1/s1. The molecule has 0 saturated heterocycles. The van der Waals surface area contributed by atoms with Gasteiger partial charge in [0, 0.05) is 5.92 Å². The van der Waals surface area contributed by atoms with E-state index in [0.717, 1.165) is 17.4 Å². The molecule has 0 N–H and O–H groups in total. The van der Waals surface area contributed by atoms with Gasteiger partial charge in [-0.2, -0.15) is 0 Å². The van der Waals surface area contributed by atoms with Crippen LogP contribution in [0.3, 0.4) is 0 Å². The highest BCUT2D eigenvalue weighted by Crippen LogP contribution is 2.41. The lowest BCUT2D eigenvalue weighted by molar-refractivity contribution is 0.366. The molecular formula is C27H29F. The van der Waals surface area contributed by atoms with Crippen molar-refractivity contribution in [2.45, 2.75) is 45.4 Å². The Morgan fingerprint density at radius 2 is 1.68 bits per heavy atom. The number of rotatable bonds is 5. The lowest BCUT2D eigenvalue weighted by Gasteiger charge is -2.32. The molecule has 0 saturated carbocycles. The van der Waals surface area contributed by atoms with Gasteiger partial charge in [-0.25, -0.2) is 4.39 Å². The number of hydrogen-bond acceptors (Lipinski definition) is 0. The Bertz CT molecular complexity index is 923. The highest BCUT2D eigenvalue weighted by Gasteiger charge is 2.28. The molecule has 144 valence electrons. The number of halogens is 1. The Kier molecular flexibility index (Phi) is 5.62. The minimum Gasteiger partial charge on any atom is -0.207 e. The molecule has 2 atom stereocenters. The van der Waals surface area contributed by atoms with Crippen LogP contribution in [-0.2, 0) is 6.42 Å². The van der Waals surface area contributed by atoms with E-state index in [9.17, 15) is 4.39 Å². The van der Waals surface area contributed by atoms with E-state index in [4.69, 9.17) is 0 Å². The lowest BCUT2D eigenvalue weighted by atomic mass is 9.72. The zero-order valence-corrected chi connectivity index (χ0v) is 16.9. The summed E-state index contributed by atoms with van der Waals surface area (Å²) in [6.45, 7) is 4.64. The first-order valence-corrected chi connectivity index (χ1v) is 10.5. The van der Waals surface area contributed by atoms with Gasteiger partial charge in [-0.1, -0.05) is 80.9 Å². The summed E-state index contributed by atoms with van der Waals surface area (Å²) >= 11 is 0. The van der Waals surface area contributed by atoms with Crippen LogP contribution < -0.4 is 0 Å². The van der Waals surface area contributed by atoms with Gasteiger partial charge in [-0.15, -0.1) is 0 Å². The molecule has 0 fully saturated rings. The predicted octanol–water partition coefficient (Wildman–Crippen LogP) is 7.62. The SMILES string of the molecule is CC(C)CC[C@@H]1Cc2ccccc2[C@@H](c2cccc(-c3ccc(F)cc3)c2)C1. The molecule has 0 aliphatic heterocycles. The van der Waals surface area contributed by atoms with Crippen molar-refractivity contribution >= 4 is 0 Å². The Morgan fingerprint density at radius 3 is 2.46 bits per heavy atom. The maximum atomic E-state index is 13.3. The summed E-state index contributed by atoms with van der Waals surface area (Å²) in [5, 5.41) is 0. The van der Waals surface area contributed by atoms with Crippen molar-refractivity contribution in [2.24, 2.45) is 11.8 Å². The van der Waals surface area contributed by atoms with Gasteiger partial charge in [-0.05, 0) is 71.0 Å². The summed E-state index contributed by atoms with van der Waals surface area (Å²) < 4.78 is 13.3. The van der Waals surface area contributed by atoms with Crippen molar-refractivity contribution in [2.75, 3.05) is 0 Å². The third-order valence-corrected chi connectivity index (χ3v) is 6.13. The lowest BCUT2D eigenvalue weighted by Crippen LogP contribution is -2.20. The number of fused-ring (bicyclic) bond motifs is 1. The summed E-state index contributed by atoms with van der Waals surface area (Å²) in [5.41, 5.74) is 6.62. The van der Waals surface area contributed by atoms with E-state index in [0.29, 0.717) is 5.92 Å². The zero-order chi connectivity index (χ0) is 19.5. The van der Waals surface area contributed by atoms with Gasteiger partial charge < -0.3 is 0 Å². The van der Waals surface area contributed by atoms with Gasteiger partial charge in [0.25, 0.3) is 0 Å². The second-order valence-corrected chi connectivity index (χ2v) is 8.66. The molecule has 0 radical (unpaired) electrons. The van der Waals surface area contributed by atoms with E-state index >= 15 is 0 Å². The van der Waals surface area contributed by atoms with Crippen molar-refractivity contribution in [1.29, 1.82) is 0 Å². The van der Waals surface area contributed by atoms with Crippen LogP contribution in [0.1, 0.15) is 55.7 Å². The van der Waals surface area contributed by atoms with E-state index in [1.807, 2.05) is 12.1 Å². The monoisotopic (exact) mass is 372 g/mol. The quantitative estimate of drug-likeness (QED) is 0.432. The van der Waals surface area contributed by atoms with Crippen molar-refractivity contribution in [3.05, 3.63) is 95.3 Å². The van der Waals surface area contributed by atoms with E-state index < -0.39 is 0 Å². The van der Waals surface area contributed by atoms with Crippen LogP contribution in [0.25, 0.3) is 11.1 Å². The average molecular weight is 373 g/mol. The van der Waals surface area contributed by atoms with Crippen LogP contribution in [0, 0.1) is 17.7 Å². The van der Waals surface area contributed by atoms with Crippen LogP contribution in [0.2, 0.25) is 0 Å². The van der Waals surface area contributed by atoms with Crippen molar-refractivity contribution in [3.8, 4) is 11.1 Å². The Labute approximate surface area is 168 Å². The molecule has 3 aromatic rings. The summed E-state index contributed by atoms with van der Waals surface area (Å²) in [6, 6.07) is 24.6. The highest BCUT2D eigenvalue weighted by molar-refractivity contribution is 5.64. The predicted molar refractivity (Wildman–Crippen MR) is 116 cm³/mol. The third-order valence-electron chi connectivity index (χ3n) is 6.13. The Morgan fingerprint density at radius 1 is 0.893 bits per heavy atom. The second kappa shape index (κ2) is 8.31. The fourth-order valence-corrected chi connectivity index (χ4v) is 4.60. The Hall–Kier alpha value is -2.41. The normalized spacial score (nSPS) is 18.9. The first-order valence-electron chi connectivity index (χ1n) is 10.5. The molecular weight excluding hydrogens is 343 g/mol. The summed E-state index contributed by atoms with van der Waals surface area (Å²) in [4.78, 5) is 0. The number of benzene rings is 3. The van der Waals surface area contributed by atoms with Gasteiger partial charge in [0.1, 0.15) is 5.82 Å². The summed E-state index contributed by atoms with van der Waals surface area (Å²) in [5.74, 6) is 1.77. The molecule has 1 aliphatic rings. The van der Waals surface area contributed by atoms with E-state index in [2.05, 4.69) is 62.4 Å². The largest absolute Gasteiger partial charge is 0.207 e. The molecule has 3 aromatic carbocycles. The van der Waals surface area contributed by atoms with E-state index in [1.165, 1.54) is 47.9 Å². The molecule has 0 spiro atoms. The van der Waals surface area contributed by atoms with Crippen molar-refractivity contribution < 1.29 is 4.39 Å². The van der Waals surface area contributed by atoms with Crippen molar-refractivity contribution in [3.63, 3.8) is 0 Å². The molecule has 1 heteroatoms. The molecule has 0 bridgehead atoms. The molecule has 0 nitrogen and oxygen atoms in total. The summed E-state index contributed by atoms with van der Waals surface area (Å²) in [7, 11) is 0. The van der Waals surface area contributed by atoms with Gasteiger partial charge in [0.15, 0.2) is 0 Å². The maximum absolute atomic E-state index is 13.3. The van der Waals surface area contributed by atoms with Gasteiger partial charge in [0.2, 0.25) is 0 Å². The van der Waals surface area contributed by atoms with E-state index in [-0.39, 0.29) is 5.82 Å². The molecule has 0 heterocycles. The van der Waals surface area contributed by atoms with Gasteiger partial charge in [-0.3, -0.25) is 0 Å². The molecule has 1 aliphatic carbocycles. The third kappa shape index (κ3) is 4.19. The molecule has 0 amide bonds. The molecule has 4 rings (SSSR count). The molecule has 0 aromatic heterocycles. The maximum Gasteiger partial charge on any atom is 0.123 e. The summed E-state index contributed by atoms with van der Waals surface area (Å²) in [6.07, 6.45) is 5.03. The van der Waals surface area contributed by atoms with Crippen molar-refractivity contribution in [1.82, 2.24) is 0 Å². The fourth-order valence-electron chi connectivity index (χ4n) is 4.60. The van der Waals surface area contributed by atoms with Crippen LogP contribution in [-0.4, -0.2) is 0 Å². The second-order valence-electron chi connectivity index (χ2n) is 8.66. The number of hydrogen-bond donors (Lipinski definition) is 0. The Balaban J connectivity index is 1.67. The van der Waals surface area contributed by atoms with Gasteiger partial charge in [0.05, 0.1) is 0 Å².